The van der Waals surface area contributed by atoms with E-state index in [1.165, 1.54) is 49.7 Å². The van der Waals surface area contributed by atoms with Crippen molar-refractivity contribution in [1.82, 2.24) is 0 Å². The van der Waals surface area contributed by atoms with Gasteiger partial charge < -0.3 is 9.22 Å². The van der Waals surface area contributed by atoms with Crippen molar-refractivity contribution in [2.75, 3.05) is 39.0 Å². The SMILES string of the molecule is CCCCSC(=S)OCC[N+]1(C)CCCCC1. The molecule has 0 radical (unpaired) electrons. The molecule has 1 heterocycles. The third kappa shape index (κ3) is 6.63. The fraction of sp³-hybridized carbons (Fsp3) is 0.923. The molecule has 0 aromatic heterocycles. The molecule has 100 valence electrons. The number of thioether (sulfide) groups is 1. The Kier molecular flexibility index (Phi) is 7.47. The van der Waals surface area contributed by atoms with Crippen LogP contribution in [0.4, 0.5) is 0 Å². The number of ether oxygens (including phenoxy) is 1. The lowest BCUT2D eigenvalue weighted by Crippen LogP contribution is -2.49. The number of hydrogen-bond donors (Lipinski definition) is 0. The van der Waals surface area contributed by atoms with Gasteiger partial charge in [-0.1, -0.05) is 25.1 Å². The summed E-state index contributed by atoms with van der Waals surface area (Å²) in [5, 5.41) is 0. The summed E-state index contributed by atoms with van der Waals surface area (Å²) < 4.78 is 7.54. The normalized spacial score (nSPS) is 18.9. The molecule has 0 aromatic carbocycles. The van der Waals surface area contributed by atoms with Crippen LogP contribution in [0.3, 0.4) is 0 Å². The van der Waals surface area contributed by atoms with Crippen LogP contribution in [0.5, 0.6) is 0 Å². The molecule has 0 aromatic rings. The van der Waals surface area contributed by atoms with Crippen LogP contribution < -0.4 is 0 Å². The molecule has 0 atom stereocenters. The van der Waals surface area contributed by atoms with E-state index in [1.807, 2.05) is 0 Å². The highest BCUT2D eigenvalue weighted by Gasteiger charge is 2.24. The van der Waals surface area contributed by atoms with Crippen LogP contribution in [0, 0.1) is 0 Å². The first-order valence-corrected chi connectivity index (χ1v) is 8.19. The zero-order valence-corrected chi connectivity index (χ0v) is 12.9. The molecule has 0 aliphatic carbocycles. The minimum absolute atomic E-state index is 0.738. The fourth-order valence-corrected chi connectivity index (χ4v) is 3.29. The topological polar surface area (TPSA) is 9.23 Å². The number of nitrogens with zero attached hydrogens (tertiary/aromatic N) is 1. The predicted octanol–water partition coefficient (Wildman–Crippen LogP) is 3.45. The largest absolute Gasteiger partial charge is 0.473 e. The molecule has 2 nitrogen and oxygen atoms in total. The summed E-state index contributed by atoms with van der Waals surface area (Å²) in [5.74, 6) is 1.10. The second kappa shape index (κ2) is 8.33. The Morgan fingerprint density at radius 2 is 2.00 bits per heavy atom. The lowest BCUT2D eigenvalue weighted by Gasteiger charge is -2.37. The molecule has 0 bridgehead atoms. The van der Waals surface area contributed by atoms with Gasteiger partial charge in [-0.05, 0) is 37.9 Å². The van der Waals surface area contributed by atoms with Crippen molar-refractivity contribution in [3.8, 4) is 0 Å². The minimum Gasteiger partial charge on any atom is -0.473 e. The van der Waals surface area contributed by atoms with Gasteiger partial charge in [0.15, 0.2) is 0 Å². The van der Waals surface area contributed by atoms with Gasteiger partial charge in [-0.3, -0.25) is 0 Å². The van der Waals surface area contributed by atoms with Crippen molar-refractivity contribution in [2.45, 2.75) is 39.0 Å². The zero-order valence-electron chi connectivity index (χ0n) is 11.2. The average molecular weight is 276 g/mol. The quantitative estimate of drug-likeness (QED) is 0.418. The average Bonchev–Trinajstić information content (AvgIpc) is 2.30. The smallest absolute Gasteiger partial charge is 0.220 e. The second-order valence-corrected chi connectivity index (χ2v) is 6.85. The molecular formula is C13H26NOS2+. The van der Waals surface area contributed by atoms with Crippen LogP contribution in [0.2, 0.25) is 0 Å². The van der Waals surface area contributed by atoms with Crippen molar-refractivity contribution in [1.29, 1.82) is 0 Å². The number of hydrogen-bond acceptors (Lipinski definition) is 3. The first-order chi connectivity index (χ1) is 8.16. The van der Waals surface area contributed by atoms with E-state index in [0.717, 1.165) is 23.3 Å². The molecule has 1 rings (SSSR count). The van der Waals surface area contributed by atoms with Crippen molar-refractivity contribution in [2.24, 2.45) is 0 Å². The monoisotopic (exact) mass is 276 g/mol. The van der Waals surface area contributed by atoms with Gasteiger partial charge in [0.1, 0.15) is 13.2 Å². The number of likely N-dealkylation sites (tertiary alicyclic amines) is 1. The van der Waals surface area contributed by atoms with E-state index in [0.29, 0.717) is 0 Å². The summed E-state index contributed by atoms with van der Waals surface area (Å²) >= 11 is 6.89. The number of thiocarbonyl (C=S) groups is 1. The molecule has 1 aliphatic heterocycles. The van der Waals surface area contributed by atoms with E-state index in [2.05, 4.69) is 14.0 Å². The van der Waals surface area contributed by atoms with Crippen molar-refractivity contribution in [3.63, 3.8) is 0 Å². The number of rotatable bonds is 6. The Morgan fingerprint density at radius 1 is 1.29 bits per heavy atom. The first kappa shape index (κ1) is 15.3. The fourth-order valence-electron chi connectivity index (χ4n) is 2.19. The molecule has 1 aliphatic rings. The lowest BCUT2D eigenvalue weighted by atomic mass is 10.1. The third-order valence-electron chi connectivity index (χ3n) is 3.46. The second-order valence-electron chi connectivity index (χ2n) is 5.15. The molecule has 0 spiro atoms. The molecule has 1 saturated heterocycles. The Hall–Kier alpha value is 0.200. The lowest BCUT2D eigenvalue weighted by molar-refractivity contribution is -0.914. The van der Waals surface area contributed by atoms with E-state index >= 15 is 0 Å². The molecule has 4 heteroatoms. The van der Waals surface area contributed by atoms with E-state index < -0.39 is 0 Å². The zero-order chi connectivity index (χ0) is 12.6. The van der Waals surface area contributed by atoms with Crippen molar-refractivity contribution in [3.05, 3.63) is 0 Å². The molecule has 0 amide bonds. The van der Waals surface area contributed by atoms with Crippen molar-refractivity contribution >= 4 is 28.4 Å². The number of likely N-dealkylation sites (N-methyl/N-ethyl adjacent to an activating group) is 1. The van der Waals surface area contributed by atoms with E-state index in [9.17, 15) is 0 Å². The van der Waals surface area contributed by atoms with Crippen molar-refractivity contribution < 1.29 is 9.22 Å². The maximum absolute atomic E-state index is 5.64. The summed E-state index contributed by atoms with van der Waals surface area (Å²) in [6, 6.07) is 0. The number of quaternary nitrogens is 1. The molecule has 17 heavy (non-hydrogen) atoms. The van der Waals surface area contributed by atoms with Crippen LogP contribution >= 0.6 is 24.0 Å². The molecule has 0 unspecified atom stereocenters. The highest BCUT2D eigenvalue weighted by atomic mass is 32.2. The summed E-state index contributed by atoms with van der Waals surface area (Å²) in [6.07, 6.45) is 6.59. The van der Waals surface area contributed by atoms with Gasteiger partial charge in [0.2, 0.25) is 4.38 Å². The van der Waals surface area contributed by atoms with Gasteiger partial charge in [0.25, 0.3) is 0 Å². The van der Waals surface area contributed by atoms with Crippen LogP contribution in [0.1, 0.15) is 39.0 Å². The van der Waals surface area contributed by atoms with Gasteiger partial charge in [-0.15, -0.1) is 0 Å². The minimum atomic E-state index is 0.738. The highest BCUT2D eigenvalue weighted by molar-refractivity contribution is 8.22. The van der Waals surface area contributed by atoms with Crippen LogP contribution in [-0.2, 0) is 4.74 Å². The molecule has 0 N–H and O–H groups in total. The summed E-state index contributed by atoms with van der Waals surface area (Å²) in [7, 11) is 2.34. The standard InChI is InChI=1S/C13H26NOS2/c1-3-4-12-17-13(16)15-11-10-14(2)8-6-5-7-9-14/h3-12H2,1-2H3/q+1. The van der Waals surface area contributed by atoms with Gasteiger partial charge >= 0.3 is 0 Å². The molecular weight excluding hydrogens is 250 g/mol. The Balaban J connectivity index is 2.07. The third-order valence-corrected chi connectivity index (χ3v) is 4.78. The maximum Gasteiger partial charge on any atom is 0.220 e. The Labute approximate surface area is 116 Å². The van der Waals surface area contributed by atoms with Gasteiger partial charge in [0, 0.05) is 5.75 Å². The molecule has 1 fully saturated rings. The first-order valence-electron chi connectivity index (χ1n) is 6.79. The van der Waals surface area contributed by atoms with Crippen LogP contribution in [0.15, 0.2) is 0 Å². The summed E-state index contributed by atoms with van der Waals surface area (Å²) in [6.45, 7) is 6.70. The molecule has 0 saturated carbocycles. The van der Waals surface area contributed by atoms with Gasteiger partial charge in [-0.25, -0.2) is 0 Å². The van der Waals surface area contributed by atoms with Gasteiger partial charge in [0.05, 0.1) is 20.1 Å². The summed E-state index contributed by atoms with van der Waals surface area (Å²) in [4.78, 5) is 0. The van der Waals surface area contributed by atoms with E-state index in [4.69, 9.17) is 17.0 Å². The van der Waals surface area contributed by atoms with Gasteiger partial charge in [-0.2, -0.15) is 0 Å². The van der Waals surface area contributed by atoms with E-state index in [1.54, 1.807) is 11.8 Å². The van der Waals surface area contributed by atoms with Crippen LogP contribution in [-0.4, -0.2) is 47.9 Å². The number of unbranched alkanes of at least 4 members (excludes halogenated alkanes) is 1. The maximum atomic E-state index is 5.64. The van der Waals surface area contributed by atoms with Crippen LogP contribution in [0.25, 0.3) is 0 Å². The Bertz CT molecular complexity index is 227. The van der Waals surface area contributed by atoms with E-state index in [-0.39, 0.29) is 0 Å². The highest BCUT2D eigenvalue weighted by Crippen LogP contribution is 2.16. The summed E-state index contributed by atoms with van der Waals surface area (Å²) in [5.41, 5.74) is 0. The predicted molar refractivity (Wildman–Crippen MR) is 80.6 cm³/mol. The Morgan fingerprint density at radius 3 is 2.65 bits per heavy atom. The number of piperidine rings is 1.